The van der Waals surface area contributed by atoms with Gasteiger partial charge >= 0.3 is 7.12 Å². The summed E-state index contributed by atoms with van der Waals surface area (Å²) in [4.78, 5) is 1.19. The Hall–Kier alpha value is 0.0349. The zero-order chi connectivity index (χ0) is 13.6. The molecule has 0 aromatic heterocycles. The molecule has 0 spiro atoms. The Kier molecular flexibility index (Phi) is 3.90. The van der Waals surface area contributed by atoms with E-state index in [1.165, 1.54) is 4.90 Å². The van der Waals surface area contributed by atoms with Gasteiger partial charge in [-0.15, -0.1) is 11.8 Å². The maximum absolute atomic E-state index is 6.09. The second-order valence-electron chi connectivity index (χ2n) is 5.47. The third-order valence-electron chi connectivity index (χ3n) is 3.70. The lowest BCUT2D eigenvalue weighted by molar-refractivity contribution is 0.00578. The molecule has 0 amide bonds. The normalized spacial score (nSPS) is 21.3. The van der Waals surface area contributed by atoms with E-state index < -0.39 is 0 Å². The summed E-state index contributed by atoms with van der Waals surface area (Å²) in [5.41, 5.74) is 0.501. The molecular weight excluding hydrogens is 311 g/mol. The lowest BCUT2D eigenvalue weighted by Crippen LogP contribution is -2.41. The Labute approximate surface area is 122 Å². The fraction of sp³-hybridized carbons (Fsp3) is 0.538. The Morgan fingerprint density at radius 3 is 2.17 bits per heavy atom. The number of hydrogen-bond donors (Lipinski definition) is 0. The van der Waals surface area contributed by atoms with E-state index in [0.29, 0.717) is 0 Å². The van der Waals surface area contributed by atoms with Crippen LogP contribution in [0.2, 0.25) is 0 Å². The van der Waals surface area contributed by atoms with Gasteiger partial charge in [-0.3, -0.25) is 0 Å². The molecule has 0 unspecified atom stereocenters. The second kappa shape index (κ2) is 4.86. The van der Waals surface area contributed by atoms with Crippen LogP contribution in [-0.2, 0) is 9.31 Å². The highest BCUT2D eigenvalue weighted by Gasteiger charge is 2.52. The summed E-state index contributed by atoms with van der Waals surface area (Å²) in [5, 5.41) is 0. The molecule has 1 heterocycles. The van der Waals surface area contributed by atoms with Crippen molar-refractivity contribution in [3.05, 3.63) is 22.7 Å². The largest absolute Gasteiger partial charge is 0.496 e. The van der Waals surface area contributed by atoms with E-state index in [0.717, 1.165) is 9.94 Å². The van der Waals surface area contributed by atoms with Crippen LogP contribution in [-0.4, -0.2) is 24.6 Å². The molecule has 1 saturated heterocycles. The van der Waals surface area contributed by atoms with Crippen LogP contribution in [0.4, 0.5) is 0 Å². The molecule has 2 nitrogen and oxygen atoms in total. The highest BCUT2D eigenvalue weighted by atomic mass is 79.9. The van der Waals surface area contributed by atoms with Gasteiger partial charge in [0.25, 0.3) is 0 Å². The SMILES string of the molecule is CSc1ccc(Br)cc1B1OC(C)(C)C(C)(C)O1. The fourth-order valence-corrected chi connectivity index (χ4v) is 2.83. The van der Waals surface area contributed by atoms with Crippen LogP contribution in [0.3, 0.4) is 0 Å². The number of hydrogen-bond acceptors (Lipinski definition) is 3. The number of halogens is 1. The van der Waals surface area contributed by atoms with Crippen LogP contribution in [0.1, 0.15) is 27.7 Å². The average molecular weight is 329 g/mol. The third-order valence-corrected chi connectivity index (χ3v) is 5.00. The number of rotatable bonds is 2. The van der Waals surface area contributed by atoms with Crippen molar-refractivity contribution in [3.8, 4) is 0 Å². The van der Waals surface area contributed by atoms with Crippen LogP contribution < -0.4 is 5.46 Å². The summed E-state index contributed by atoms with van der Waals surface area (Å²) in [5.74, 6) is 0. The Balaban J connectivity index is 2.37. The lowest BCUT2D eigenvalue weighted by atomic mass is 9.79. The molecule has 0 N–H and O–H groups in total. The molecule has 1 aliphatic rings. The summed E-state index contributed by atoms with van der Waals surface area (Å²) in [7, 11) is -0.296. The number of benzene rings is 1. The molecule has 0 atom stereocenters. The van der Waals surface area contributed by atoms with Crippen molar-refractivity contribution in [2.24, 2.45) is 0 Å². The zero-order valence-electron chi connectivity index (χ0n) is 11.4. The van der Waals surface area contributed by atoms with E-state index in [2.05, 4.69) is 62.0 Å². The monoisotopic (exact) mass is 328 g/mol. The molecular formula is C13H18BBrO2S. The molecule has 1 fully saturated rings. The Morgan fingerprint density at radius 1 is 1.11 bits per heavy atom. The van der Waals surface area contributed by atoms with E-state index in [9.17, 15) is 0 Å². The van der Waals surface area contributed by atoms with Crippen molar-refractivity contribution < 1.29 is 9.31 Å². The second-order valence-corrected chi connectivity index (χ2v) is 7.24. The molecule has 18 heavy (non-hydrogen) atoms. The van der Waals surface area contributed by atoms with Crippen LogP contribution in [0, 0.1) is 0 Å². The summed E-state index contributed by atoms with van der Waals surface area (Å²) in [6, 6.07) is 6.21. The summed E-state index contributed by atoms with van der Waals surface area (Å²) in [6.07, 6.45) is 2.07. The molecule has 1 aromatic carbocycles. The smallest absolute Gasteiger partial charge is 0.399 e. The van der Waals surface area contributed by atoms with Crippen LogP contribution in [0.5, 0.6) is 0 Å². The fourth-order valence-electron chi connectivity index (χ4n) is 1.86. The third kappa shape index (κ3) is 2.51. The van der Waals surface area contributed by atoms with E-state index in [4.69, 9.17) is 9.31 Å². The predicted octanol–water partition coefficient (Wildman–Crippen LogP) is 3.47. The standard InChI is InChI=1S/C13H18BBrO2S/c1-12(2)13(3,4)17-14(16-12)10-8-9(15)6-7-11(10)18-5/h6-8H,1-5H3. The molecule has 0 radical (unpaired) electrons. The molecule has 5 heteroatoms. The van der Waals surface area contributed by atoms with E-state index >= 15 is 0 Å². The first-order valence-electron chi connectivity index (χ1n) is 5.96. The first kappa shape index (κ1) is 14.4. The van der Waals surface area contributed by atoms with Crippen molar-refractivity contribution in [1.82, 2.24) is 0 Å². The van der Waals surface area contributed by atoms with Crippen LogP contribution in [0.25, 0.3) is 0 Å². The first-order chi connectivity index (χ1) is 8.27. The minimum atomic E-state index is -0.296. The van der Waals surface area contributed by atoms with Crippen molar-refractivity contribution in [2.75, 3.05) is 6.26 Å². The lowest BCUT2D eigenvalue weighted by Gasteiger charge is -2.32. The van der Waals surface area contributed by atoms with Gasteiger partial charge in [0.05, 0.1) is 11.2 Å². The van der Waals surface area contributed by atoms with Gasteiger partial charge in [-0.2, -0.15) is 0 Å². The summed E-state index contributed by atoms with van der Waals surface area (Å²) in [6.45, 7) is 8.29. The van der Waals surface area contributed by atoms with Gasteiger partial charge in [0, 0.05) is 9.37 Å². The van der Waals surface area contributed by atoms with Gasteiger partial charge in [-0.05, 0) is 57.6 Å². The predicted molar refractivity (Wildman–Crippen MR) is 81.6 cm³/mol. The number of thioether (sulfide) groups is 1. The van der Waals surface area contributed by atoms with Gasteiger partial charge < -0.3 is 9.31 Å². The Morgan fingerprint density at radius 2 is 1.67 bits per heavy atom. The molecule has 0 bridgehead atoms. The maximum Gasteiger partial charge on any atom is 0.496 e. The highest BCUT2D eigenvalue weighted by Crippen LogP contribution is 2.37. The van der Waals surface area contributed by atoms with E-state index in [1.54, 1.807) is 11.8 Å². The van der Waals surface area contributed by atoms with Crippen LogP contribution >= 0.6 is 27.7 Å². The van der Waals surface area contributed by atoms with Crippen LogP contribution in [0.15, 0.2) is 27.6 Å². The molecule has 1 aliphatic heterocycles. The maximum atomic E-state index is 6.09. The van der Waals surface area contributed by atoms with Crippen molar-refractivity contribution in [1.29, 1.82) is 0 Å². The highest BCUT2D eigenvalue weighted by molar-refractivity contribution is 9.10. The molecule has 0 aliphatic carbocycles. The summed E-state index contributed by atoms with van der Waals surface area (Å²) >= 11 is 5.22. The molecule has 98 valence electrons. The van der Waals surface area contributed by atoms with Crippen molar-refractivity contribution in [3.63, 3.8) is 0 Å². The molecule has 2 rings (SSSR count). The quantitative estimate of drug-likeness (QED) is 0.611. The minimum Gasteiger partial charge on any atom is -0.399 e. The van der Waals surface area contributed by atoms with E-state index in [-0.39, 0.29) is 18.3 Å². The zero-order valence-corrected chi connectivity index (χ0v) is 13.8. The van der Waals surface area contributed by atoms with Gasteiger partial charge in [-0.1, -0.05) is 15.9 Å². The molecule has 1 aromatic rings. The van der Waals surface area contributed by atoms with Gasteiger partial charge in [-0.25, -0.2) is 0 Å². The van der Waals surface area contributed by atoms with Gasteiger partial charge in [0.15, 0.2) is 0 Å². The van der Waals surface area contributed by atoms with E-state index in [1.807, 2.05) is 6.07 Å². The average Bonchev–Trinajstić information content (AvgIpc) is 2.48. The molecule has 0 saturated carbocycles. The summed E-state index contributed by atoms with van der Waals surface area (Å²) < 4.78 is 13.2. The van der Waals surface area contributed by atoms with Gasteiger partial charge in [0.1, 0.15) is 0 Å². The first-order valence-corrected chi connectivity index (χ1v) is 7.98. The van der Waals surface area contributed by atoms with Gasteiger partial charge in [0.2, 0.25) is 0 Å². The minimum absolute atomic E-state index is 0.296. The van der Waals surface area contributed by atoms with Crippen molar-refractivity contribution in [2.45, 2.75) is 43.8 Å². The Bertz CT molecular complexity index is 446. The van der Waals surface area contributed by atoms with Crippen molar-refractivity contribution >= 4 is 40.3 Å². The topological polar surface area (TPSA) is 18.5 Å².